The third-order valence-corrected chi connectivity index (χ3v) is 6.61. The van der Waals surface area contributed by atoms with Crippen LogP contribution in [0, 0.1) is 5.41 Å². The SMILES string of the molecule is CC(C)c1nnc(C2CN(Cc3cccc(C(F)(F)F)c3)CC23CCN(C)CC3)o1. The van der Waals surface area contributed by atoms with E-state index in [1.165, 1.54) is 12.1 Å². The van der Waals surface area contributed by atoms with Crippen LogP contribution in [0.4, 0.5) is 13.2 Å². The van der Waals surface area contributed by atoms with Crippen molar-refractivity contribution in [2.75, 3.05) is 33.2 Å². The molecular formula is C22H29F3N4O. The minimum atomic E-state index is -4.32. The molecule has 5 nitrogen and oxygen atoms in total. The fourth-order valence-electron chi connectivity index (χ4n) is 4.83. The highest BCUT2D eigenvalue weighted by atomic mass is 19.4. The second-order valence-electron chi connectivity index (χ2n) is 9.22. The molecule has 2 fully saturated rings. The summed E-state index contributed by atoms with van der Waals surface area (Å²) in [5.41, 5.74) is 0.111. The normalized spacial score (nSPS) is 23.0. The lowest BCUT2D eigenvalue weighted by Gasteiger charge is -2.40. The monoisotopic (exact) mass is 422 g/mol. The molecule has 0 N–H and O–H groups in total. The van der Waals surface area contributed by atoms with E-state index in [9.17, 15) is 13.2 Å². The van der Waals surface area contributed by atoms with Gasteiger partial charge in [0.15, 0.2) is 0 Å². The highest BCUT2D eigenvalue weighted by Gasteiger charge is 2.50. The number of alkyl halides is 3. The van der Waals surface area contributed by atoms with Crippen LogP contribution in [0.25, 0.3) is 0 Å². The van der Waals surface area contributed by atoms with Gasteiger partial charge >= 0.3 is 6.18 Å². The average molecular weight is 422 g/mol. The van der Waals surface area contributed by atoms with E-state index in [0.29, 0.717) is 23.9 Å². The quantitative estimate of drug-likeness (QED) is 0.725. The van der Waals surface area contributed by atoms with Crippen molar-refractivity contribution in [3.05, 3.63) is 47.2 Å². The van der Waals surface area contributed by atoms with E-state index >= 15 is 0 Å². The molecule has 0 saturated carbocycles. The summed E-state index contributed by atoms with van der Waals surface area (Å²) in [6.07, 6.45) is -2.28. The van der Waals surface area contributed by atoms with Crippen molar-refractivity contribution in [3.63, 3.8) is 0 Å². The molecule has 1 unspecified atom stereocenters. The molecule has 1 aromatic carbocycles. The van der Waals surface area contributed by atoms with E-state index in [4.69, 9.17) is 4.42 Å². The van der Waals surface area contributed by atoms with Gasteiger partial charge < -0.3 is 9.32 Å². The Kier molecular flexibility index (Phi) is 5.66. The van der Waals surface area contributed by atoms with Crippen LogP contribution in [-0.4, -0.2) is 53.2 Å². The molecule has 0 amide bonds. The smallest absolute Gasteiger partial charge is 0.416 e. The van der Waals surface area contributed by atoms with Crippen LogP contribution in [-0.2, 0) is 12.7 Å². The Bertz CT molecular complexity index is 871. The molecule has 8 heteroatoms. The summed E-state index contributed by atoms with van der Waals surface area (Å²) in [7, 11) is 2.13. The molecule has 3 heterocycles. The van der Waals surface area contributed by atoms with E-state index in [-0.39, 0.29) is 17.3 Å². The summed E-state index contributed by atoms with van der Waals surface area (Å²) in [6.45, 7) is 8.09. The molecule has 2 aliphatic heterocycles. The Morgan fingerprint density at radius 3 is 2.57 bits per heavy atom. The zero-order valence-electron chi connectivity index (χ0n) is 17.7. The first-order chi connectivity index (χ1) is 14.2. The van der Waals surface area contributed by atoms with Gasteiger partial charge in [-0.25, -0.2) is 0 Å². The Hall–Kier alpha value is -1.93. The van der Waals surface area contributed by atoms with Crippen molar-refractivity contribution >= 4 is 0 Å². The lowest BCUT2D eigenvalue weighted by atomic mass is 9.71. The predicted octanol–water partition coefficient (Wildman–Crippen LogP) is 4.52. The van der Waals surface area contributed by atoms with E-state index < -0.39 is 11.7 Å². The maximum Gasteiger partial charge on any atom is 0.416 e. The van der Waals surface area contributed by atoms with Crippen LogP contribution in [0.2, 0.25) is 0 Å². The van der Waals surface area contributed by atoms with Crippen molar-refractivity contribution in [2.24, 2.45) is 5.41 Å². The third-order valence-electron chi connectivity index (χ3n) is 6.61. The third kappa shape index (κ3) is 4.25. The molecule has 164 valence electrons. The standard InChI is InChI=1S/C22H29F3N4O/c1-15(2)19-26-27-20(30-19)18-13-29(14-21(18)7-9-28(3)10-8-21)12-16-5-4-6-17(11-16)22(23,24)25/h4-6,11,15,18H,7-10,12-14H2,1-3H3. The Labute approximate surface area is 175 Å². The number of halogens is 3. The van der Waals surface area contributed by atoms with Gasteiger partial charge in [0, 0.05) is 25.6 Å². The number of aromatic nitrogens is 2. The number of benzene rings is 1. The fraction of sp³-hybridized carbons (Fsp3) is 0.636. The highest BCUT2D eigenvalue weighted by molar-refractivity contribution is 5.26. The molecule has 0 bridgehead atoms. The van der Waals surface area contributed by atoms with Gasteiger partial charge in [-0.3, -0.25) is 4.90 Å². The number of nitrogens with zero attached hydrogens (tertiary/aromatic N) is 4. The number of hydrogen-bond acceptors (Lipinski definition) is 5. The van der Waals surface area contributed by atoms with Crippen LogP contribution < -0.4 is 0 Å². The molecule has 0 aliphatic carbocycles. The van der Waals surface area contributed by atoms with Crippen LogP contribution in [0.15, 0.2) is 28.7 Å². The first kappa shape index (κ1) is 21.3. The van der Waals surface area contributed by atoms with E-state index in [1.807, 2.05) is 13.8 Å². The number of piperidine rings is 1. The highest BCUT2D eigenvalue weighted by Crippen LogP contribution is 2.49. The van der Waals surface area contributed by atoms with Crippen LogP contribution in [0.1, 0.15) is 61.4 Å². The lowest BCUT2D eigenvalue weighted by Crippen LogP contribution is -2.42. The molecule has 30 heavy (non-hydrogen) atoms. The second-order valence-corrected chi connectivity index (χ2v) is 9.22. The minimum Gasteiger partial charge on any atom is -0.425 e. The van der Waals surface area contributed by atoms with Crippen molar-refractivity contribution < 1.29 is 17.6 Å². The molecule has 1 atom stereocenters. The first-order valence-electron chi connectivity index (χ1n) is 10.6. The molecule has 2 saturated heterocycles. The summed E-state index contributed by atoms with van der Waals surface area (Å²) in [5.74, 6) is 1.60. The summed E-state index contributed by atoms with van der Waals surface area (Å²) in [6, 6.07) is 5.65. The van der Waals surface area contributed by atoms with Crippen molar-refractivity contribution in [1.29, 1.82) is 0 Å². The fourth-order valence-corrected chi connectivity index (χ4v) is 4.83. The molecule has 1 aromatic heterocycles. The molecule has 1 spiro atoms. The molecule has 2 aromatic rings. The van der Waals surface area contributed by atoms with Gasteiger partial charge in [0.25, 0.3) is 0 Å². The maximum atomic E-state index is 13.1. The van der Waals surface area contributed by atoms with Gasteiger partial charge in [-0.15, -0.1) is 10.2 Å². The van der Waals surface area contributed by atoms with Crippen molar-refractivity contribution in [1.82, 2.24) is 20.0 Å². The van der Waals surface area contributed by atoms with Gasteiger partial charge in [0.05, 0.1) is 11.5 Å². The summed E-state index contributed by atoms with van der Waals surface area (Å²) in [5, 5.41) is 8.60. The topological polar surface area (TPSA) is 45.4 Å². The zero-order valence-corrected chi connectivity index (χ0v) is 17.7. The maximum absolute atomic E-state index is 13.1. The average Bonchev–Trinajstić information content (AvgIpc) is 3.29. The van der Waals surface area contributed by atoms with E-state index in [0.717, 1.165) is 45.1 Å². The lowest BCUT2D eigenvalue weighted by molar-refractivity contribution is -0.137. The number of hydrogen-bond donors (Lipinski definition) is 0. The Balaban J connectivity index is 1.57. The van der Waals surface area contributed by atoms with E-state index in [1.54, 1.807) is 6.07 Å². The largest absolute Gasteiger partial charge is 0.425 e. The van der Waals surface area contributed by atoms with Gasteiger partial charge in [0.2, 0.25) is 11.8 Å². The van der Waals surface area contributed by atoms with E-state index in [2.05, 4.69) is 27.0 Å². The molecule has 2 aliphatic rings. The van der Waals surface area contributed by atoms with Crippen LogP contribution in [0.3, 0.4) is 0 Å². The number of rotatable bonds is 4. The van der Waals surface area contributed by atoms with Crippen LogP contribution >= 0.6 is 0 Å². The van der Waals surface area contributed by atoms with Gasteiger partial charge in [-0.1, -0.05) is 32.0 Å². The van der Waals surface area contributed by atoms with Gasteiger partial charge in [-0.05, 0) is 50.0 Å². The first-order valence-corrected chi connectivity index (χ1v) is 10.6. The van der Waals surface area contributed by atoms with Crippen molar-refractivity contribution in [2.45, 2.75) is 51.2 Å². The molecular weight excluding hydrogens is 393 g/mol. The second kappa shape index (κ2) is 7.96. The summed E-state index contributed by atoms with van der Waals surface area (Å²) < 4.78 is 45.4. The summed E-state index contributed by atoms with van der Waals surface area (Å²) >= 11 is 0. The van der Waals surface area contributed by atoms with Crippen LogP contribution in [0.5, 0.6) is 0 Å². The summed E-state index contributed by atoms with van der Waals surface area (Å²) in [4.78, 5) is 4.58. The van der Waals surface area contributed by atoms with Crippen molar-refractivity contribution in [3.8, 4) is 0 Å². The number of likely N-dealkylation sites (tertiary alicyclic amines) is 2. The van der Waals surface area contributed by atoms with Gasteiger partial charge in [-0.2, -0.15) is 13.2 Å². The Morgan fingerprint density at radius 2 is 1.93 bits per heavy atom. The predicted molar refractivity (Wildman–Crippen MR) is 107 cm³/mol. The Morgan fingerprint density at radius 1 is 1.20 bits per heavy atom. The van der Waals surface area contributed by atoms with Gasteiger partial charge in [0.1, 0.15) is 0 Å². The minimum absolute atomic E-state index is 0.0227. The zero-order chi connectivity index (χ0) is 21.5. The molecule has 0 radical (unpaired) electrons. The molecule has 4 rings (SSSR count).